The maximum Gasteiger partial charge on any atom is 0.258 e. The van der Waals surface area contributed by atoms with Crippen molar-refractivity contribution >= 4 is 48.7 Å². The number of carbonyl (C=O) groups excluding carboxylic acids is 1. The number of hydrogen-bond donors (Lipinski definition) is 1. The van der Waals surface area contributed by atoms with Crippen molar-refractivity contribution in [3.8, 4) is 11.5 Å². The lowest BCUT2D eigenvalue weighted by Crippen LogP contribution is -2.28. The third-order valence-corrected chi connectivity index (χ3v) is 5.01. The number of benzene rings is 2. The van der Waals surface area contributed by atoms with Gasteiger partial charge in [0.05, 0.1) is 11.6 Å². The van der Waals surface area contributed by atoms with Gasteiger partial charge < -0.3 is 14.8 Å². The highest BCUT2D eigenvalue weighted by Gasteiger charge is 2.13. The molecule has 0 radical (unpaired) electrons. The van der Waals surface area contributed by atoms with Crippen molar-refractivity contribution in [1.82, 2.24) is 10.3 Å². The zero-order valence-corrected chi connectivity index (χ0v) is 17.1. The molecule has 7 heteroatoms. The number of amides is 1. The third-order valence-electron chi connectivity index (χ3n) is 3.77. The molecule has 0 saturated carbocycles. The summed E-state index contributed by atoms with van der Waals surface area (Å²) in [7, 11) is 1.60. The average Bonchev–Trinajstić information content (AvgIpc) is 2.66. The van der Waals surface area contributed by atoms with Crippen molar-refractivity contribution in [2.45, 2.75) is 6.54 Å². The van der Waals surface area contributed by atoms with Crippen LogP contribution in [0.25, 0.3) is 10.9 Å². The monoisotopic (exact) mass is 478 g/mol. The first-order chi connectivity index (χ1) is 12.6. The number of nitrogens with zero attached hydrogens (tertiary/aromatic N) is 1. The fourth-order valence-electron chi connectivity index (χ4n) is 2.52. The molecule has 0 unspecified atom stereocenters. The number of hydrogen-bond acceptors (Lipinski definition) is 4. The van der Waals surface area contributed by atoms with E-state index >= 15 is 0 Å². The molecule has 3 rings (SSSR count). The molecule has 3 aromatic rings. The summed E-state index contributed by atoms with van der Waals surface area (Å²) in [5.41, 5.74) is 1.59. The zero-order valence-electron chi connectivity index (χ0n) is 14.0. The molecule has 5 nitrogen and oxygen atoms in total. The summed E-state index contributed by atoms with van der Waals surface area (Å²) in [6.07, 6.45) is 1.69. The van der Waals surface area contributed by atoms with Crippen molar-refractivity contribution in [3.05, 3.63) is 63.2 Å². The molecular weight excluding hydrogens is 464 g/mol. The highest BCUT2D eigenvalue weighted by atomic mass is 79.9. The quantitative estimate of drug-likeness (QED) is 0.566. The molecule has 1 aromatic heterocycles. The van der Waals surface area contributed by atoms with Crippen LogP contribution in [0.4, 0.5) is 0 Å². The van der Waals surface area contributed by atoms with Gasteiger partial charge in [-0.3, -0.25) is 9.78 Å². The van der Waals surface area contributed by atoms with Crippen LogP contribution < -0.4 is 14.8 Å². The van der Waals surface area contributed by atoms with Crippen LogP contribution in [0.15, 0.2) is 57.6 Å². The summed E-state index contributed by atoms with van der Waals surface area (Å²) in [4.78, 5) is 16.5. The Balaban J connectivity index is 1.68. The molecule has 1 N–H and O–H groups in total. The summed E-state index contributed by atoms with van der Waals surface area (Å²) in [5, 5.41) is 3.75. The Morgan fingerprint density at radius 3 is 2.77 bits per heavy atom. The Bertz CT molecular complexity index is 947. The number of fused-ring (bicyclic) bond motifs is 1. The minimum Gasteiger partial charge on any atom is -0.496 e. The first kappa shape index (κ1) is 18.7. The Kier molecular flexibility index (Phi) is 6.11. The molecule has 1 amide bonds. The molecule has 0 bridgehead atoms. The van der Waals surface area contributed by atoms with Crippen LogP contribution in [0.2, 0.25) is 0 Å². The number of para-hydroxylation sites is 1. The van der Waals surface area contributed by atoms with Gasteiger partial charge >= 0.3 is 0 Å². The lowest BCUT2D eigenvalue weighted by atomic mass is 10.2. The van der Waals surface area contributed by atoms with E-state index in [2.05, 4.69) is 42.2 Å². The van der Waals surface area contributed by atoms with Crippen LogP contribution in [0.3, 0.4) is 0 Å². The van der Waals surface area contributed by atoms with E-state index in [0.29, 0.717) is 17.8 Å². The van der Waals surface area contributed by atoms with Gasteiger partial charge in [0.1, 0.15) is 11.3 Å². The van der Waals surface area contributed by atoms with Crippen LogP contribution in [0, 0.1) is 0 Å². The molecular formula is C19H16Br2N2O3. The standard InChI is InChI=1S/C19H16Br2N2O3/c1-25-16-7-3-2-5-12(16)10-23-17(24)11-26-19-15(21)9-14(20)13-6-4-8-22-18(13)19/h2-9H,10-11H2,1H3,(H,23,24). The van der Waals surface area contributed by atoms with E-state index in [1.165, 1.54) is 0 Å². The van der Waals surface area contributed by atoms with Crippen LogP contribution >= 0.6 is 31.9 Å². The topological polar surface area (TPSA) is 60.5 Å². The Morgan fingerprint density at radius 1 is 1.15 bits per heavy atom. The first-order valence-corrected chi connectivity index (χ1v) is 9.43. The minimum atomic E-state index is -0.227. The van der Waals surface area contributed by atoms with E-state index in [1.807, 2.05) is 42.5 Å². The number of rotatable bonds is 6. The van der Waals surface area contributed by atoms with Gasteiger partial charge in [-0.25, -0.2) is 0 Å². The molecule has 134 valence electrons. The third kappa shape index (κ3) is 4.16. The van der Waals surface area contributed by atoms with Gasteiger partial charge in [0.2, 0.25) is 0 Å². The Morgan fingerprint density at radius 2 is 1.96 bits per heavy atom. The van der Waals surface area contributed by atoms with Gasteiger partial charge in [-0.05, 0) is 34.1 Å². The Hall–Kier alpha value is -2.12. The summed E-state index contributed by atoms with van der Waals surface area (Å²) >= 11 is 6.98. The van der Waals surface area contributed by atoms with Crippen LogP contribution in [0.1, 0.15) is 5.56 Å². The van der Waals surface area contributed by atoms with Crippen molar-refractivity contribution in [1.29, 1.82) is 0 Å². The first-order valence-electron chi connectivity index (χ1n) is 7.84. The van der Waals surface area contributed by atoms with Gasteiger partial charge in [0.25, 0.3) is 5.91 Å². The number of pyridine rings is 1. The molecule has 1 heterocycles. The maximum atomic E-state index is 12.2. The summed E-state index contributed by atoms with van der Waals surface area (Å²) in [6.45, 7) is 0.258. The predicted molar refractivity (Wildman–Crippen MR) is 107 cm³/mol. The molecule has 0 aliphatic rings. The molecule has 0 fully saturated rings. The van der Waals surface area contributed by atoms with Crippen molar-refractivity contribution in [2.75, 3.05) is 13.7 Å². The molecule has 0 atom stereocenters. The zero-order chi connectivity index (χ0) is 18.5. The number of ether oxygens (including phenoxy) is 2. The second kappa shape index (κ2) is 8.51. The van der Waals surface area contributed by atoms with E-state index in [-0.39, 0.29) is 12.5 Å². The van der Waals surface area contributed by atoms with E-state index in [0.717, 1.165) is 25.6 Å². The molecule has 26 heavy (non-hydrogen) atoms. The van der Waals surface area contributed by atoms with Gasteiger partial charge in [0, 0.05) is 28.2 Å². The maximum absolute atomic E-state index is 12.2. The molecule has 0 saturated heterocycles. The SMILES string of the molecule is COc1ccccc1CNC(=O)COc1c(Br)cc(Br)c2cccnc12. The lowest BCUT2D eigenvalue weighted by Gasteiger charge is -2.13. The molecule has 0 aliphatic carbocycles. The van der Waals surface area contributed by atoms with Crippen LogP contribution in [0.5, 0.6) is 11.5 Å². The molecule has 0 aliphatic heterocycles. The van der Waals surface area contributed by atoms with Crippen molar-refractivity contribution in [2.24, 2.45) is 0 Å². The summed E-state index contributed by atoms with van der Waals surface area (Å²) in [5.74, 6) is 1.05. The fraction of sp³-hybridized carbons (Fsp3) is 0.158. The largest absolute Gasteiger partial charge is 0.496 e. The molecule has 0 spiro atoms. The summed E-state index contributed by atoms with van der Waals surface area (Å²) in [6, 6.07) is 13.2. The second-order valence-corrected chi connectivity index (χ2v) is 7.15. The number of methoxy groups -OCH3 is 1. The van der Waals surface area contributed by atoms with Crippen LogP contribution in [-0.2, 0) is 11.3 Å². The number of nitrogens with one attached hydrogen (secondary N) is 1. The van der Waals surface area contributed by atoms with Crippen molar-refractivity contribution < 1.29 is 14.3 Å². The normalized spacial score (nSPS) is 10.6. The molecule has 2 aromatic carbocycles. The second-order valence-electron chi connectivity index (χ2n) is 5.45. The average molecular weight is 480 g/mol. The van der Waals surface area contributed by atoms with Gasteiger partial charge in [-0.2, -0.15) is 0 Å². The van der Waals surface area contributed by atoms with E-state index in [4.69, 9.17) is 9.47 Å². The van der Waals surface area contributed by atoms with Crippen LogP contribution in [-0.4, -0.2) is 24.6 Å². The lowest BCUT2D eigenvalue weighted by molar-refractivity contribution is -0.123. The van der Waals surface area contributed by atoms with Crippen molar-refractivity contribution in [3.63, 3.8) is 0 Å². The predicted octanol–water partition coefficient (Wildman–Crippen LogP) is 4.46. The highest BCUT2D eigenvalue weighted by molar-refractivity contribution is 9.11. The fourth-order valence-corrected chi connectivity index (χ4v) is 3.90. The summed E-state index contributed by atoms with van der Waals surface area (Å²) < 4.78 is 12.7. The van der Waals surface area contributed by atoms with E-state index < -0.39 is 0 Å². The van der Waals surface area contributed by atoms with Gasteiger partial charge in [-0.1, -0.05) is 40.2 Å². The smallest absolute Gasteiger partial charge is 0.258 e. The number of carbonyl (C=O) groups is 1. The highest BCUT2D eigenvalue weighted by Crippen LogP contribution is 2.37. The van der Waals surface area contributed by atoms with E-state index in [1.54, 1.807) is 13.3 Å². The minimum absolute atomic E-state index is 0.110. The van der Waals surface area contributed by atoms with E-state index in [9.17, 15) is 4.79 Å². The number of aromatic nitrogens is 1. The number of halogens is 2. The Labute approximate surface area is 168 Å². The van der Waals surface area contributed by atoms with Gasteiger partial charge in [-0.15, -0.1) is 0 Å². The van der Waals surface area contributed by atoms with Gasteiger partial charge in [0.15, 0.2) is 12.4 Å².